The van der Waals surface area contributed by atoms with Crippen molar-refractivity contribution >= 4 is 10.8 Å². The van der Waals surface area contributed by atoms with E-state index in [1.165, 1.54) is 22.1 Å². The highest BCUT2D eigenvalue weighted by Crippen LogP contribution is 2.50. The van der Waals surface area contributed by atoms with E-state index < -0.39 is 0 Å². The SMILES string of the molecule is c1ccc(-c2nc(-c3cccc(-c4cc(-c5ccccc5)c(-c5ccccc5)c(-c5ccccc5)c4-c4ccccc4)c3)nc(-c3ccc4ccccc4c3)n2)cc1. The van der Waals surface area contributed by atoms with Crippen LogP contribution in [0.3, 0.4) is 0 Å². The molecule has 0 unspecified atom stereocenters. The van der Waals surface area contributed by atoms with E-state index in [9.17, 15) is 0 Å². The third-order valence-electron chi connectivity index (χ3n) is 10.7. The van der Waals surface area contributed by atoms with Gasteiger partial charge in [-0.25, -0.2) is 15.0 Å². The second-order valence-electron chi connectivity index (χ2n) is 14.4. The number of aromatic nitrogens is 3. The van der Waals surface area contributed by atoms with E-state index in [0.717, 1.165) is 61.0 Å². The maximum Gasteiger partial charge on any atom is 0.164 e. The van der Waals surface area contributed by atoms with E-state index in [2.05, 4.69) is 206 Å². The minimum absolute atomic E-state index is 0.618. The van der Waals surface area contributed by atoms with Gasteiger partial charge in [-0.3, -0.25) is 0 Å². The molecule has 0 N–H and O–H groups in total. The fourth-order valence-electron chi connectivity index (χ4n) is 7.96. The fraction of sp³-hybridized carbons (Fsp3) is 0. The zero-order valence-corrected chi connectivity index (χ0v) is 31.7. The molecule has 0 amide bonds. The van der Waals surface area contributed by atoms with Gasteiger partial charge < -0.3 is 0 Å². The molecule has 9 aromatic carbocycles. The summed E-state index contributed by atoms with van der Waals surface area (Å²) in [4.78, 5) is 15.4. The third-order valence-corrected chi connectivity index (χ3v) is 10.7. The van der Waals surface area contributed by atoms with Gasteiger partial charge in [0, 0.05) is 16.7 Å². The molecular weight excluding hydrogens is 703 g/mol. The Bertz CT molecular complexity index is 3020. The highest BCUT2D eigenvalue weighted by molar-refractivity contribution is 6.07. The van der Waals surface area contributed by atoms with E-state index in [1.807, 2.05) is 18.2 Å². The number of hydrogen-bond donors (Lipinski definition) is 0. The molecule has 0 aliphatic heterocycles. The molecule has 0 aliphatic rings. The molecule has 0 radical (unpaired) electrons. The van der Waals surface area contributed by atoms with Gasteiger partial charge in [-0.2, -0.15) is 0 Å². The molecule has 10 rings (SSSR count). The van der Waals surface area contributed by atoms with E-state index in [4.69, 9.17) is 15.0 Å². The lowest BCUT2D eigenvalue weighted by atomic mass is 9.79. The van der Waals surface area contributed by atoms with Crippen LogP contribution in [0.25, 0.3) is 101 Å². The molecule has 0 atom stereocenters. The van der Waals surface area contributed by atoms with Gasteiger partial charge in [0.05, 0.1) is 0 Å². The molecule has 0 bridgehead atoms. The largest absolute Gasteiger partial charge is 0.208 e. The van der Waals surface area contributed by atoms with E-state index in [1.54, 1.807) is 0 Å². The first-order valence-electron chi connectivity index (χ1n) is 19.6. The van der Waals surface area contributed by atoms with Crippen molar-refractivity contribution in [1.82, 2.24) is 15.0 Å². The number of nitrogens with zero attached hydrogens (tertiary/aromatic N) is 3. The second-order valence-corrected chi connectivity index (χ2v) is 14.4. The van der Waals surface area contributed by atoms with Crippen LogP contribution in [0.4, 0.5) is 0 Å². The van der Waals surface area contributed by atoms with Gasteiger partial charge in [0.2, 0.25) is 0 Å². The topological polar surface area (TPSA) is 38.7 Å². The Balaban J connectivity index is 1.24. The van der Waals surface area contributed by atoms with Gasteiger partial charge in [-0.15, -0.1) is 0 Å². The first-order chi connectivity index (χ1) is 28.8. The summed E-state index contributed by atoms with van der Waals surface area (Å²) in [6.07, 6.45) is 0. The summed E-state index contributed by atoms with van der Waals surface area (Å²) in [6, 6.07) is 79.1. The first-order valence-corrected chi connectivity index (χ1v) is 19.6. The molecule has 1 aromatic heterocycles. The molecule has 1 heterocycles. The van der Waals surface area contributed by atoms with Crippen LogP contribution in [-0.2, 0) is 0 Å². The summed E-state index contributed by atoms with van der Waals surface area (Å²) in [5, 5.41) is 2.31. The molecule has 3 heteroatoms. The minimum Gasteiger partial charge on any atom is -0.208 e. The summed E-state index contributed by atoms with van der Waals surface area (Å²) in [7, 11) is 0. The molecule has 0 fully saturated rings. The van der Waals surface area contributed by atoms with Crippen LogP contribution in [0.15, 0.2) is 224 Å². The minimum atomic E-state index is 0.618. The predicted molar refractivity (Wildman–Crippen MR) is 241 cm³/mol. The highest BCUT2D eigenvalue weighted by Gasteiger charge is 2.24. The summed E-state index contributed by atoms with van der Waals surface area (Å²) in [6.45, 7) is 0. The number of hydrogen-bond acceptors (Lipinski definition) is 3. The van der Waals surface area contributed by atoms with Crippen molar-refractivity contribution in [3.05, 3.63) is 224 Å². The molecule has 3 nitrogen and oxygen atoms in total. The predicted octanol–water partition coefficient (Wildman–Crippen LogP) is 14.4. The van der Waals surface area contributed by atoms with Gasteiger partial charge in [0.25, 0.3) is 0 Å². The number of benzene rings is 9. The van der Waals surface area contributed by atoms with Crippen LogP contribution >= 0.6 is 0 Å². The Hall–Kier alpha value is -7.75. The fourth-order valence-corrected chi connectivity index (χ4v) is 7.96. The van der Waals surface area contributed by atoms with E-state index in [-0.39, 0.29) is 0 Å². The van der Waals surface area contributed by atoms with Crippen LogP contribution < -0.4 is 0 Å². The molecule has 0 saturated heterocycles. The molecule has 272 valence electrons. The third kappa shape index (κ3) is 6.76. The summed E-state index contributed by atoms with van der Waals surface area (Å²) in [5.74, 6) is 1.89. The standard InChI is InChI=1S/C55H37N3/c1-6-20-39(21-7-1)48-37-49(51(41-24-10-3-11-25-41)52(42-26-12-4-13-27-42)50(48)40-22-8-2-9-23-40)45-31-18-32-46(36-45)54-56-53(43-28-14-5-15-29-43)57-55(58-54)47-34-33-38-19-16-17-30-44(38)35-47/h1-37H. The average molecular weight is 740 g/mol. The lowest BCUT2D eigenvalue weighted by molar-refractivity contribution is 1.07. The van der Waals surface area contributed by atoms with Gasteiger partial charge >= 0.3 is 0 Å². The molecule has 0 spiro atoms. The van der Waals surface area contributed by atoms with Crippen molar-refractivity contribution in [2.45, 2.75) is 0 Å². The van der Waals surface area contributed by atoms with Crippen LogP contribution in [0.2, 0.25) is 0 Å². The Morgan fingerprint density at radius 2 is 0.586 bits per heavy atom. The Kier molecular flexibility index (Phi) is 9.23. The molecular formula is C55H37N3. The highest BCUT2D eigenvalue weighted by atomic mass is 15.0. The summed E-state index contributed by atoms with van der Waals surface area (Å²) in [5.41, 5.74) is 14.3. The smallest absolute Gasteiger partial charge is 0.164 e. The van der Waals surface area contributed by atoms with Crippen LogP contribution in [0, 0.1) is 0 Å². The normalized spacial score (nSPS) is 11.1. The second kappa shape index (κ2) is 15.4. The molecule has 10 aromatic rings. The van der Waals surface area contributed by atoms with Crippen molar-refractivity contribution in [3.8, 4) is 89.8 Å². The Morgan fingerprint density at radius 3 is 1.14 bits per heavy atom. The van der Waals surface area contributed by atoms with E-state index in [0.29, 0.717) is 17.5 Å². The van der Waals surface area contributed by atoms with Crippen molar-refractivity contribution in [2.24, 2.45) is 0 Å². The van der Waals surface area contributed by atoms with Gasteiger partial charge in [0.1, 0.15) is 0 Å². The average Bonchev–Trinajstić information content (AvgIpc) is 3.32. The quantitative estimate of drug-likeness (QED) is 0.156. The van der Waals surface area contributed by atoms with Gasteiger partial charge in [-0.05, 0) is 84.6 Å². The van der Waals surface area contributed by atoms with Crippen molar-refractivity contribution in [2.75, 3.05) is 0 Å². The van der Waals surface area contributed by atoms with Crippen LogP contribution in [-0.4, -0.2) is 15.0 Å². The Morgan fingerprint density at radius 1 is 0.207 bits per heavy atom. The summed E-state index contributed by atoms with van der Waals surface area (Å²) < 4.78 is 0. The van der Waals surface area contributed by atoms with Gasteiger partial charge in [0.15, 0.2) is 17.5 Å². The first kappa shape index (κ1) is 34.7. The van der Waals surface area contributed by atoms with E-state index >= 15 is 0 Å². The molecule has 0 aliphatic carbocycles. The van der Waals surface area contributed by atoms with Crippen LogP contribution in [0.1, 0.15) is 0 Å². The monoisotopic (exact) mass is 739 g/mol. The molecule has 58 heavy (non-hydrogen) atoms. The summed E-state index contributed by atoms with van der Waals surface area (Å²) >= 11 is 0. The van der Waals surface area contributed by atoms with Crippen molar-refractivity contribution < 1.29 is 0 Å². The Labute approximate surface area is 338 Å². The maximum absolute atomic E-state index is 5.18. The lowest BCUT2D eigenvalue weighted by Crippen LogP contribution is -2.01. The van der Waals surface area contributed by atoms with Crippen molar-refractivity contribution in [3.63, 3.8) is 0 Å². The zero-order chi connectivity index (χ0) is 38.7. The number of rotatable bonds is 8. The van der Waals surface area contributed by atoms with Gasteiger partial charge in [-0.1, -0.05) is 206 Å². The lowest BCUT2D eigenvalue weighted by Gasteiger charge is -2.24. The maximum atomic E-state index is 5.18. The zero-order valence-electron chi connectivity index (χ0n) is 31.7. The van der Waals surface area contributed by atoms with Crippen LogP contribution in [0.5, 0.6) is 0 Å². The number of fused-ring (bicyclic) bond motifs is 1. The van der Waals surface area contributed by atoms with Crippen molar-refractivity contribution in [1.29, 1.82) is 0 Å². The molecule has 0 saturated carbocycles.